The van der Waals surface area contributed by atoms with Gasteiger partial charge in [-0.3, -0.25) is 9.69 Å². The van der Waals surface area contributed by atoms with E-state index in [1.165, 1.54) is 23.1 Å². The molecule has 0 unspecified atom stereocenters. The summed E-state index contributed by atoms with van der Waals surface area (Å²) in [6.45, 7) is 9.90. The summed E-state index contributed by atoms with van der Waals surface area (Å²) in [7, 11) is 0. The number of hydrogen-bond acceptors (Lipinski definition) is 4. The van der Waals surface area contributed by atoms with E-state index in [1.54, 1.807) is 12.1 Å². The molecule has 1 saturated heterocycles. The van der Waals surface area contributed by atoms with E-state index in [9.17, 15) is 4.79 Å². The molecular weight excluding hydrogens is 302 g/mol. The molecule has 5 nitrogen and oxygen atoms in total. The van der Waals surface area contributed by atoms with E-state index in [-0.39, 0.29) is 5.91 Å². The predicted molar refractivity (Wildman–Crippen MR) is 95.6 cm³/mol. The van der Waals surface area contributed by atoms with Crippen LogP contribution in [0.4, 0.5) is 5.69 Å². The van der Waals surface area contributed by atoms with Gasteiger partial charge in [-0.05, 0) is 37.6 Å². The van der Waals surface area contributed by atoms with Crippen molar-refractivity contribution < 1.29 is 9.21 Å². The van der Waals surface area contributed by atoms with Crippen molar-refractivity contribution in [2.45, 2.75) is 13.8 Å². The van der Waals surface area contributed by atoms with Gasteiger partial charge in [0.05, 0.1) is 6.26 Å². The van der Waals surface area contributed by atoms with Gasteiger partial charge in [-0.2, -0.15) is 0 Å². The third-order valence-electron chi connectivity index (χ3n) is 4.52. The lowest BCUT2D eigenvalue weighted by Crippen LogP contribution is -2.48. The molecule has 1 fully saturated rings. The molecule has 0 aliphatic carbocycles. The van der Waals surface area contributed by atoms with Crippen LogP contribution in [-0.4, -0.2) is 50.1 Å². The van der Waals surface area contributed by atoms with Crippen molar-refractivity contribution in [3.8, 4) is 0 Å². The average molecular weight is 327 g/mol. The van der Waals surface area contributed by atoms with E-state index >= 15 is 0 Å². The second kappa shape index (κ2) is 7.53. The molecule has 0 bridgehead atoms. The summed E-state index contributed by atoms with van der Waals surface area (Å²) >= 11 is 0. The minimum atomic E-state index is -0.145. The summed E-state index contributed by atoms with van der Waals surface area (Å²) in [6, 6.07) is 10.0. The highest BCUT2D eigenvalue weighted by Crippen LogP contribution is 2.22. The Morgan fingerprint density at radius 3 is 2.62 bits per heavy atom. The molecule has 1 aliphatic rings. The molecule has 1 aromatic carbocycles. The third kappa shape index (κ3) is 3.97. The molecule has 1 aromatic heterocycles. The van der Waals surface area contributed by atoms with Gasteiger partial charge >= 0.3 is 0 Å². The van der Waals surface area contributed by atoms with Crippen LogP contribution in [0.25, 0.3) is 0 Å². The maximum absolute atomic E-state index is 11.8. The van der Waals surface area contributed by atoms with Crippen molar-refractivity contribution in [1.29, 1.82) is 0 Å². The van der Waals surface area contributed by atoms with Crippen LogP contribution in [0.15, 0.2) is 41.0 Å². The van der Waals surface area contributed by atoms with Crippen LogP contribution >= 0.6 is 0 Å². The van der Waals surface area contributed by atoms with Gasteiger partial charge in [0, 0.05) is 45.0 Å². The van der Waals surface area contributed by atoms with Crippen LogP contribution in [0, 0.1) is 13.8 Å². The highest BCUT2D eigenvalue weighted by molar-refractivity contribution is 5.91. The molecule has 5 heteroatoms. The van der Waals surface area contributed by atoms with Crippen molar-refractivity contribution in [3.05, 3.63) is 53.5 Å². The largest absolute Gasteiger partial charge is 0.459 e. The molecule has 0 radical (unpaired) electrons. The van der Waals surface area contributed by atoms with Crippen LogP contribution in [0.3, 0.4) is 0 Å². The Morgan fingerprint density at radius 1 is 1.17 bits per heavy atom. The second-order valence-corrected chi connectivity index (χ2v) is 6.35. The second-order valence-electron chi connectivity index (χ2n) is 6.35. The van der Waals surface area contributed by atoms with E-state index in [0.29, 0.717) is 12.3 Å². The highest BCUT2D eigenvalue weighted by atomic mass is 16.3. The monoisotopic (exact) mass is 327 g/mol. The predicted octanol–water partition coefficient (Wildman–Crippen LogP) is 2.45. The topological polar surface area (TPSA) is 48.7 Å². The minimum Gasteiger partial charge on any atom is -0.459 e. The van der Waals surface area contributed by atoms with E-state index in [1.807, 2.05) is 0 Å². The SMILES string of the molecule is Cc1ccc(N2CCN(CCNC(=O)c3ccco3)CC2)c(C)c1. The molecule has 2 heterocycles. The summed E-state index contributed by atoms with van der Waals surface area (Å²) in [5.74, 6) is 0.226. The Labute approximate surface area is 143 Å². The summed E-state index contributed by atoms with van der Waals surface area (Å²) in [6.07, 6.45) is 1.52. The molecule has 128 valence electrons. The van der Waals surface area contributed by atoms with Crippen molar-refractivity contribution in [2.24, 2.45) is 0 Å². The normalized spacial score (nSPS) is 15.5. The van der Waals surface area contributed by atoms with E-state index in [0.717, 1.165) is 32.7 Å². The van der Waals surface area contributed by atoms with Gasteiger partial charge in [0.2, 0.25) is 0 Å². The van der Waals surface area contributed by atoms with Gasteiger partial charge in [0.1, 0.15) is 0 Å². The fraction of sp³-hybridized carbons (Fsp3) is 0.421. The zero-order valence-corrected chi connectivity index (χ0v) is 14.4. The standard InChI is InChI=1S/C19H25N3O2/c1-15-5-6-17(16(2)14-15)22-11-9-21(10-12-22)8-7-20-19(23)18-4-3-13-24-18/h3-6,13-14H,7-12H2,1-2H3,(H,20,23). The number of furan rings is 1. The number of nitrogens with zero attached hydrogens (tertiary/aromatic N) is 2. The number of amides is 1. The Hall–Kier alpha value is -2.27. The Bertz CT molecular complexity index is 674. The lowest BCUT2D eigenvalue weighted by Gasteiger charge is -2.36. The molecule has 1 amide bonds. The van der Waals surface area contributed by atoms with Gasteiger partial charge in [-0.15, -0.1) is 0 Å². The number of rotatable bonds is 5. The Balaban J connectivity index is 1.43. The van der Waals surface area contributed by atoms with Crippen molar-refractivity contribution in [3.63, 3.8) is 0 Å². The molecule has 24 heavy (non-hydrogen) atoms. The zero-order valence-electron chi connectivity index (χ0n) is 14.4. The summed E-state index contributed by atoms with van der Waals surface area (Å²) in [5.41, 5.74) is 3.99. The number of benzene rings is 1. The van der Waals surface area contributed by atoms with Gasteiger partial charge in [-0.25, -0.2) is 0 Å². The Kier molecular flexibility index (Phi) is 5.20. The minimum absolute atomic E-state index is 0.145. The van der Waals surface area contributed by atoms with Crippen LogP contribution in [0.1, 0.15) is 21.7 Å². The highest BCUT2D eigenvalue weighted by Gasteiger charge is 2.18. The third-order valence-corrected chi connectivity index (χ3v) is 4.52. The first kappa shape index (κ1) is 16.6. The zero-order chi connectivity index (χ0) is 16.9. The van der Waals surface area contributed by atoms with Crippen molar-refractivity contribution in [1.82, 2.24) is 10.2 Å². The molecule has 0 spiro atoms. The Morgan fingerprint density at radius 2 is 1.96 bits per heavy atom. The van der Waals surface area contributed by atoms with Gasteiger partial charge in [-0.1, -0.05) is 17.7 Å². The number of hydrogen-bond donors (Lipinski definition) is 1. The fourth-order valence-electron chi connectivity index (χ4n) is 3.19. The van der Waals surface area contributed by atoms with Crippen molar-refractivity contribution >= 4 is 11.6 Å². The van der Waals surface area contributed by atoms with Crippen LogP contribution in [0.2, 0.25) is 0 Å². The van der Waals surface area contributed by atoms with Gasteiger partial charge in [0.25, 0.3) is 5.91 Å². The quantitative estimate of drug-likeness (QED) is 0.916. The van der Waals surface area contributed by atoms with Gasteiger partial charge < -0.3 is 14.6 Å². The first-order valence-corrected chi connectivity index (χ1v) is 8.50. The van der Waals surface area contributed by atoms with E-state index in [4.69, 9.17) is 4.42 Å². The fourth-order valence-corrected chi connectivity index (χ4v) is 3.19. The van der Waals surface area contributed by atoms with E-state index < -0.39 is 0 Å². The number of piperazine rings is 1. The molecule has 1 aliphatic heterocycles. The van der Waals surface area contributed by atoms with Crippen LogP contribution in [-0.2, 0) is 0 Å². The number of anilines is 1. The number of carbonyl (C=O) groups is 1. The molecule has 1 N–H and O–H groups in total. The first-order valence-electron chi connectivity index (χ1n) is 8.50. The lowest BCUT2D eigenvalue weighted by molar-refractivity contribution is 0.0920. The molecule has 3 rings (SSSR count). The average Bonchev–Trinajstić information content (AvgIpc) is 3.10. The van der Waals surface area contributed by atoms with Crippen LogP contribution < -0.4 is 10.2 Å². The lowest BCUT2D eigenvalue weighted by atomic mass is 10.1. The number of carbonyl (C=O) groups excluding carboxylic acids is 1. The molecule has 2 aromatic rings. The van der Waals surface area contributed by atoms with Gasteiger partial charge in [0.15, 0.2) is 5.76 Å². The van der Waals surface area contributed by atoms with Crippen molar-refractivity contribution in [2.75, 3.05) is 44.2 Å². The maximum atomic E-state index is 11.8. The maximum Gasteiger partial charge on any atom is 0.287 e. The molecule has 0 atom stereocenters. The summed E-state index contributed by atoms with van der Waals surface area (Å²) in [5, 5.41) is 2.90. The molecular formula is C19H25N3O2. The summed E-state index contributed by atoms with van der Waals surface area (Å²) in [4.78, 5) is 16.7. The number of aryl methyl sites for hydroxylation is 2. The first-order chi connectivity index (χ1) is 11.6. The summed E-state index contributed by atoms with van der Waals surface area (Å²) < 4.78 is 5.09. The van der Waals surface area contributed by atoms with E-state index in [2.05, 4.69) is 47.2 Å². The number of nitrogens with one attached hydrogen (secondary N) is 1. The smallest absolute Gasteiger partial charge is 0.287 e. The molecule has 0 saturated carbocycles. The van der Waals surface area contributed by atoms with Crippen LogP contribution in [0.5, 0.6) is 0 Å².